The zero-order valence-electron chi connectivity index (χ0n) is 28.1. The summed E-state index contributed by atoms with van der Waals surface area (Å²) < 4.78 is 236. The van der Waals surface area contributed by atoms with E-state index in [-0.39, 0.29) is 47.8 Å². The van der Waals surface area contributed by atoms with Crippen LogP contribution in [0.3, 0.4) is 0 Å². The molecule has 6 radical (unpaired) electrons. The molecule has 0 atom stereocenters. The van der Waals surface area contributed by atoms with Crippen LogP contribution in [0.2, 0.25) is 39.3 Å². The molecule has 0 aromatic rings. The smallest absolute Gasteiger partial charge is 0.741 e. The molecule has 0 heterocycles. The van der Waals surface area contributed by atoms with Gasteiger partial charge in [0.25, 0.3) is 0 Å². The van der Waals surface area contributed by atoms with E-state index in [4.69, 9.17) is 51.9 Å². The van der Waals surface area contributed by atoms with Crippen molar-refractivity contribution in [2.45, 2.75) is 99.8 Å². The van der Waals surface area contributed by atoms with E-state index in [9.17, 15) is 52.7 Å². The van der Waals surface area contributed by atoms with E-state index < -0.39 is 78.7 Å². The summed E-state index contributed by atoms with van der Waals surface area (Å²) in [5.41, 5.74) is -22.6. The predicted octanol–water partition coefficient (Wildman–Crippen LogP) is 5.83. The Morgan fingerprint density at radius 2 is 0.596 bits per heavy atom. The summed E-state index contributed by atoms with van der Waals surface area (Å²) in [4.78, 5) is 0. The van der Waals surface area contributed by atoms with Gasteiger partial charge in [0.1, 0.15) is 0 Å². The molecule has 0 aliphatic carbocycles. The van der Waals surface area contributed by atoms with Gasteiger partial charge < -0.3 is 25.1 Å². The van der Waals surface area contributed by atoms with Crippen molar-refractivity contribution in [3.05, 3.63) is 26.9 Å². The van der Waals surface area contributed by atoms with E-state index in [1.807, 2.05) is 0 Å². The van der Waals surface area contributed by atoms with Gasteiger partial charge in [-0.05, 0) is 12.8 Å². The molecule has 32 heteroatoms. The standard InChI is InChI=1S/C8H16.2C4H11Si.4CHF3O3S.2Sn/c1-3-5-7-8-6-4-2;2*1-5(2,3)4;4*2-1(3,4)8(5,6)7;;/h1-8H2;2*1H2,2-4H3;4*(H,5,6,7);;/q;;;;;;;2*+2/p-4. The maximum atomic E-state index is 10.7. The fourth-order valence-electron chi connectivity index (χ4n) is 0.707. The van der Waals surface area contributed by atoms with Crippen molar-refractivity contribution in [1.29, 1.82) is 0 Å². The molecule has 0 aromatic carbocycles. The van der Waals surface area contributed by atoms with Gasteiger partial charge in [0.15, 0.2) is 40.5 Å². The Bertz CT molecular complexity index is 1110. The van der Waals surface area contributed by atoms with Crippen molar-refractivity contribution < 1.29 is 105 Å². The maximum Gasteiger partial charge on any atom is 2.00 e. The Morgan fingerprint density at radius 1 is 0.481 bits per heavy atom. The summed E-state index contributed by atoms with van der Waals surface area (Å²) in [6, 6.07) is 0. The van der Waals surface area contributed by atoms with Gasteiger partial charge in [0.05, 0.1) is 13.3 Å². The minimum atomic E-state index is -6.09. The Morgan fingerprint density at radius 3 is 0.673 bits per heavy atom. The van der Waals surface area contributed by atoms with Gasteiger partial charge >= 0.3 is 69.8 Å². The number of rotatable bonds is 5. The van der Waals surface area contributed by atoms with Crippen LogP contribution in [0.15, 0.2) is 0 Å². The Kier molecular flexibility index (Phi) is 42.4. The van der Waals surface area contributed by atoms with Gasteiger partial charge in [-0.15, -0.1) is 0 Å². The van der Waals surface area contributed by atoms with Crippen LogP contribution in [-0.2, 0) is 40.5 Å². The summed E-state index contributed by atoms with van der Waals surface area (Å²) in [6.07, 6.45) is 7.46. The predicted molar refractivity (Wildman–Crippen MR) is 170 cm³/mol. The van der Waals surface area contributed by atoms with Gasteiger partial charge in [-0.3, -0.25) is 0 Å². The number of hydrogen-bond acceptors (Lipinski definition) is 12. The molecule has 0 aliphatic heterocycles. The summed E-state index contributed by atoms with van der Waals surface area (Å²) in [5, 5.41) is 0. The number of halogens is 12. The molecule has 0 rings (SSSR count). The van der Waals surface area contributed by atoms with E-state index in [0.29, 0.717) is 0 Å². The summed E-state index contributed by atoms with van der Waals surface area (Å²) in [6.45, 7) is 28.6. The Balaban J connectivity index is -0.0000000593. The number of alkyl halides is 12. The van der Waals surface area contributed by atoms with E-state index >= 15 is 0 Å². The van der Waals surface area contributed by atoms with Gasteiger partial charge in [0.2, 0.25) is 0 Å². The molecule has 12 nitrogen and oxygen atoms in total. The van der Waals surface area contributed by atoms with Gasteiger partial charge in [-0.1, -0.05) is 65.2 Å². The van der Waals surface area contributed by atoms with Crippen LogP contribution in [0.25, 0.3) is 0 Å². The molecule has 0 N–H and O–H groups in total. The van der Waals surface area contributed by atoms with Crippen molar-refractivity contribution in [2.75, 3.05) is 0 Å². The molecular formula is C20H38F12O12S4Si2Sn2. The fraction of sp³-hybridized carbons (Fsp3) is 0.800. The quantitative estimate of drug-likeness (QED) is 0.0791. The average Bonchev–Trinajstić information content (AvgIpc) is 2.70. The molecule has 52 heavy (non-hydrogen) atoms. The molecule has 0 saturated carbocycles. The number of hydrogen-bond donors (Lipinski definition) is 0. The fourth-order valence-corrected chi connectivity index (χ4v) is 0.707. The summed E-state index contributed by atoms with van der Waals surface area (Å²) >= 11 is 0. The molecule has 0 spiro atoms. The maximum absolute atomic E-state index is 10.7. The average molecular weight is 1120 g/mol. The monoisotopic (exact) mass is 1120 g/mol. The molecule has 0 fully saturated rings. The van der Waals surface area contributed by atoms with Crippen LogP contribution in [0, 0.1) is 26.9 Å². The van der Waals surface area contributed by atoms with Crippen molar-refractivity contribution >= 4 is 104 Å². The van der Waals surface area contributed by atoms with E-state index in [1.165, 1.54) is 25.7 Å². The van der Waals surface area contributed by atoms with Gasteiger partial charge in [0, 0.05) is 16.1 Å². The van der Waals surface area contributed by atoms with Crippen LogP contribution < -0.4 is 0 Å². The van der Waals surface area contributed by atoms with Crippen LogP contribution >= 0.6 is 0 Å². The first kappa shape index (κ1) is 73.8. The van der Waals surface area contributed by atoms with Crippen molar-refractivity contribution in [2.24, 2.45) is 0 Å². The topological polar surface area (TPSA) is 229 Å². The largest absolute Gasteiger partial charge is 2.00 e. The Labute approximate surface area is 333 Å². The van der Waals surface area contributed by atoms with Crippen molar-refractivity contribution in [1.82, 2.24) is 0 Å². The summed E-state index contributed by atoms with van der Waals surface area (Å²) in [5.74, 6) is 0. The molecular weight excluding hydrogens is 1080 g/mol. The first-order chi connectivity index (χ1) is 20.9. The van der Waals surface area contributed by atoms with Crippen LogP contribution in [0.1, 0.15) is 38.5 Å². The SMILES string of the molecule is O=S(=O)([O-])C(F)(F)F.O=S(=O)([O-])C(F)(F)F.O=S(=O)([O-])C(F)(F)F.O=S(=O)([O-])C(F)(F)F.[CH2+]CCCCCC[CH2-].[CH2][Si](C)(C)C.[CH2][Si](C)(C)C.[Sn+2].[Sn+2]. The van der Waals surface area contributed by atoms with Crippen LogP contribution in [0.5, 0.6) is 0 Å². The van der Waals surface area contributed by atoms with Crippen molar-refractivity contribution in [3.8, 4) is 0 Å². The van der Waals surface area contributed by atoms with Crippen LogP contribution in [0.4, 0.5) is 52.7 Å². The normalized spacial score (nSPS) is 12.4. The third kappa shape index (κ3) is 72.0. The second-order valence-corrected chi connectivity index (χ2v) is 26.6. The van der Waals surface area contributed by atoms with Gasteiger partial charge in [-0.2, -0.15) is 59.1 Å². The number of unbranched alkanes of at least 4 members (excludes halogenated alkanes) is 5. The van der Waals surface area contributed by atoms with E-state index in [2.05, 4.69) is 66.2 Å². The molecule has 0 amide bonds. The molecule has 0 aromatic heterocycles. The second-order valence-electron chi connectivity index (χ2n) is 10.8. The Hall–Kier alpha value is 0.701. The first-order valence-electron chi connectivity index (χ1n) is 12.3. The molecule has 0 aliphatic rings. The molecule has 314 valence electrons. The van der Waals surface area contributed by atoms with E-state index in [1.54, 1.807) is 0 Å². The van der Waals surface area contributed by atoms with Crippen LogP contribution in [-0.4, -0.2) is 138 Å². The molecule has 0 saturated heterocycles. The van der Waals surface area contributed by atoms with Gasteiger partial charge in [-0.25, -0.2) is 33.7 Å². The third-order valence-electron chi connectivity index (χ3n) is 2.38. The minimum absolute atomic E-state index is 0. The van der Waals surface area contributed by atoms with Crippen molar-refractivity contribution in [3.63, 3.8) is 0 Å². The minimum Gasteiger partial charge on any atom is -0.741 e. The summed E-state index contributed by atoms with van der Waals surface area (Å²) in [7, 11) is -26.1. The van der Waals surface area contributed by atoms with E-state index in [0.717, 1.165) is 12.8 Å². The molecule has 0 unspecified atom stereocenters. The zero-order chi connectivity index (χ0) is 43.2. The zero-order valence-corrected chi connectivity index (χ0v) is 39.1. The first-order valence-corrected chi connectivity index (χ1v) is 25.3. The molecule has 0 bridgehead atoms. The second kappa shape index (κ2) is 29.9. The third-order valence-corrected chi connectivity index (χ3v) is 4.65.